The van der Waals surface area contributed by atoms with Crippen molar-refractivity contribution in [3.63, 3.8) is 0 Å². The first-order valence-electron chi connectivity index (χ1n) is 11.0. The molecule has 9 nitrogen and oxygen atoms in total. The van der Waals surface area contributed by atoms with Crippen molar-refractivity contribution in [2.24, 2.45) is 0 Å². The van der Waals surface area contributed by atoms with E-state index in [0.717, 1.165) is 16.3 Å². The molecule has 2 aromatic carbocycles. The van der Waals surface area contributed by atoms with Crippen molar-refractivity contribution >= 4 is 34.1 Å². The van der Waals surface area contributed by atoms with Gasteiger partial charge in [-0.25, -0.2) is 19.2 Å². The number of aliphatic hydroxyl groups excluding tert-OH is 1. The number of anilines is 1. The van der Waals surface area contributed by atoms with Crippen LogP contribution in [-0.2, 0) is 6.61 Å². The summed E-state index contributed by atoms with van der Waals surface area (Å²) in [5, 5.41) is 20.3. The maximum atomic E-state index is 13.5. The standard InChI is InChI=1S/C24H24ClFN6O3/c1-15(32(9-4-10-33)24(34)30-16-7-8-21(26)20(25)11-16)19-12-27-23(18-6-3-2-5-17(18)19)35-13-22-28-14-29-31-22/h2-3,5-8,11-12,14-15,33H,4,9-10,13H2,1H3,(H,30,34)(H,28,29,31)/t15-/m0/s1. The van der Waals surface area contributed by atoms with Gasteiger partial charge in [-0.2, -0.15) is 5.10 Å². The molecule has 2 heterocycles. The molecule has 35 heavy (non-hydrogen) atoms. The predicted molar refractivity (Wildman–Crippen MR) is 130 cm³/mol. The number of hydrogen-bond acceptors (Lipinski definition) is 6. The minimum absolute atomic E-state index is 0.0771. The van der Waals surface area contributed by atoms with Crippen molar-refractivity contribution < 1.29 is 19.0 Å². The summed E-state index contributed by atoms with van der Waals surface area (Å²) < 4.78 is 19.4. The van der Waals surface area contributed by atoms with Crippen molar-refractivity contribution in [2.75, 3.05) is 18.5 Å². The van der Waals surface area contributed by atoms with E-state index in [0.29, 0.717) is 23.8 Å². The molecule has 0 saturated carbocycles. The number of carbonyl (C=O) groups excluding carboxylic acids is 1. The Bertz CT molecular complexity index is 1300. The van der Waals surface area contributed by atoms with Gasteiger partial charge in [0.1, 0.15) is 18.8 Å². The molecule has 2 aromatic heterocycles. The van der Waals surface area contributed by atoms with Gasteiger partial charge in [0.25, 0.3) is 0 Å². The molecule has 3 N–H and O–H groups in total. The van der Waals surface area contributed by atoms with Crippen LogP contribution in [0.2, 0.25) is 5.02 Å². The molecule has 0 aliphatic carbocycles. The van der Waals surface area contributed by atoms with E-state index in [1.165, 1.54) is 24.5 Å². The van der Waals surface area contributed by atoms with Crippen LogP contribution >= 0.6 is 11.6 Å². The number of nitrogens with one attached hydrogen (secondary N) is 2. The van der Waals surface area contributed by atoms with Crippen LogP contribution in [0.1, 0.15) is 30.8 Å². The average Bonchev–Trinajstić information content (AvgIpc) is 3.38. The molecule has 2 amide bonds. The Labute approximate surface area is 205 Å². The van der Waals surface area contributed by atoms with Crippen molar-refractivity contribution in [3.05, 3.63) is 77.2 Å². The number of hydrogen-bond donors (Lipinski definition) is 3. The zero-order chi connectivity index (χ0) is 24.8. The Morgan fingerprint density at radius 2 is 2.06 bits per heavy atom. The number of benzene rings is 2. The van der Waals surface area contributed by atoms with Gasteiger partial charge >= 0.3 is 6.03 Å². The molecular formula is C24H24ClFN6O3. The van der Waals surface area contributed by atoms with E-state index in [9.17, 15) is 14.3 Å². The number of aromatic nitrogens is 4. The Balaban J connectivity index is 1.61. The molecule has 11 heteroatoms. The summed E-state index contributed by atoms with van der Waals surface area (Å²) in [7, 11) is 0. The van der Waals surface area contributed by atoms with Crippen molar-refractivity contribution in [1.82, 2.24) is 25.1 Å². The Morgan fingerprint density at radius 3 is 2.77 bits per heavy atom. The van der Waals surface area contributed by atoms with Gasteiger partial charge in [0.15, 0.2) is 5.82 Å². The van der Waals surface area contributed by atoms with Gasteiger partial charge in [-0.05, 0) is 43.0 Å². The number of rotatable bonds is 9. The first kappa shape index (κ1) is 24.4. The first-order valence-corrected chi connectivity index (χ1v) is 11.3. The highest BCUT2D eigenvalue weighted by molar-refractivity contribution is 6.31. The lowest BCUT2D eigenvalue weighted by molar-refractivity contribution is 0.182. The number of amides is 2. The van der Waals surface area contributed by atoms with Gasteiger partial charge in [0.2, 0.25) is 5.88 Å². The summed E-state index contributed by atoms with van der Waals surface area (Å²) in [6.07, 6.45) is 3.46. The van der Waals surface area contributed by atoms with Crippen molar-refractivity contribution in [1.29, 1.82) is 0 Å². The van der Waals surface area contributed by atoms with Crippen molar-refractivity contribution in [3.8, 4) is 5.88 Å². The quantitative estimate of drug-likeness (QED) is 0.308. The number of ether oxygens (including phenoxy) is 1. The van der Waals surface area contributed by atoms with Crippen LogP contribution in [0.25, 0.3) is 10.8 Å². The fraction of sp³-hybridized carbons (Fsp3) is 0.250. The van der Waals surface area contributed by atoms with E-state index in [4.69, 9.17) is 16.3 Å². The molecule has 0 radical (unpaired) electrons. The summed E-state index contributed by atoms with van der Waals surface area (Å²) in [6.45, 7) is 2.27. The third-order valence-electron chi connectivity index (χ3n) is 5.51. The lowest BCUT2D eigenvalue weighted by atomic mass is 10.0. The fourth-order valence-electron chi connectivity index (χ4n) is 3.72. The molecule has 0 aliphatic heterocycles. The number of pyridine rings is 1. The number of halogens is 2. The van der Waals surface area contributed by atoms with Crippen LogP contribution < -0.4 is 10.1 Å². The Kier molecular flexibility index (Phi) is 7.74. The summed E-state index contributed by atoms with van der Waals surface area (Å²) in [4.78, 5) is 23.3. The highest BCUT2D eigenvalue weighted by Crippen LogP contribution is 2.33. The maximum absolute atomic E-state index is 13.5. The van der Waals surface area contributed by atoms with Gasteiger partial charge in [-0.15, -0.1) is 0 Å². The van der Waals surface area contributed by atoms with Crippen LogP contribution in [0.4, 0.5) is 14.9 Å². The number of H-pyrrole nitrogens is 1. The van der Waals surface area contributed by atoms with Crippen LogP contribution in [0, 0.1) is 5.82 Å². The summed E-state index contributed by atoms with van der Waals surface area (Å²) >= 11 is 5.85. The second kappa shape index (κ2) is 11.1. The van der Waals surface area contributed by atoms with Gasteiger partial charge in [0.05, 0.1) is 11.1 Å². The minimum atomic E-state index is -0.571. The Morgan fingerprint density at radius 1 is 1.26 bits per heavy atom. The van der Waals surface area contributed by atoms with Crippen LogP contribution in [0.5, 0.6) is 5.88 Å². The van der Waals surface area contributed by atoms with Gasteiger partial charge in [-0.3, -0.25) is 5.10 Å². The van der Waals surface area contributed by atoms with E-state index < -0.39 is 17.9 Å². The third kappa shape index (κ3) is 5.67. The number of fused-ring (bicyclic) bond motifs is 1. The summed E-state index contributed by atoms with van der Waals surface area (Å²) in [5.41, 5.74) is 1.17. The van der Waals surface area contributed by atoms with Gasteiger partial charge in [-0.1, -0.05) is 29.8 Å². The smallest absolute Gasteiger partial charge is 0.322 e. The van der Waals surface area contributed by atoms with E-state index in [1.807, 2.05) is 31.2 Å². The lowest BCUT2D eigenvalue weighted by Crippen LogP contribution is -2.38. The molecule has 4 aromatic rings. The average molecular weight is 499 g/mol. The van der Waals surface area contributed by atoms with E-state index in [1.54, 1.807) is 11.1 Å². The van der Waals surface area contributed by atoms with Gasteiger partial charge in [0, 0.05) is 36.0 Å². The van der Waals surface area contributed by atoms with Crippen LogP contribution in [0.15, 0.2) is 55.0 Å². The molecular weight excluding hydrogens is 475 g/mol. The van der Waals surface area contributed by atoms with Crippen LogP contribution in [-0.4, -0.2) is 49.4 Å². The molecule has 4 rings (SSSR count). The summed E-state index contributed by atoms with van der Waals surface area (Å²) in [5.74, 6) is 0.430. The van der Waals surface area contributed by atoms with Gasteiger partial charge < -0.3 is 20.1 Å². The van der Waals surface area contributed by atoms with Crippen LogP contribution in [0.3, 0.4) is 0 Å². The lowest BCUT2D eigenvalue weighted by Gasteiger charge is -2.30. The molecule has 0 spiro atoms. The highest BCUT2D eigenvalue weighted by atomic mass is 35.5. The number of aliphatic hydroxyl groups is 1. The molecule has 0 saturated heterocycles. The molecule has 1 atom stereocenters. The Hall–Kier alpha value is -3.76. The normalized spacial score (nSPS) is 11.9. The third-order valence-corrected chi connectivity index (χ3v) is 5.80. The zero-order valence-electron chi connectivity index (χ0n) is 18.9. The zero-order valence-corrected chi connectivity index (χ0v) is 19.7. The number of urea groups is 1. The maximum Gasteiger partial charge on any atom is 0.322 e. The molecule has 0 fully saturated rings. The minimum Gasteiger partial charge on any atom is -0.469 e. The van der Waals surface area contributed by atoms with E-state index in [2.05, 4.69) is 25.5 Å². The second-order valence-electron chi connectivity index (χ2n) is 7.79. The highest BCUT2D eigenvalue weighted by Gasteiger charge is 2.24. The van der Waals surface area contributed by atoms with E-state index in [-0.39, 0.29) is 24.8 Å². The topological polar surface area (TPSA) is 116 Å². The number of carbonyl (C=O) groups is 1. The molecule has 0 bridgehead atoms. The fourth-order valence-corrected chi connectivity index (χ4v) is 3.90. The molecule has 182 valence electrons. The number of aromatic amines is 1. The first-order chi connectivity index (χ1) is 17.0. The molecule has 0 unspecified atom stereocenters. The predicted octanol–water partition coefficient (Wildman–Crippen LogP) is 4.70. The number of nitrogens with zero attached hydrogens (tertiary/aromatic N) is 4. The van der Waals surface area contributed by atoms with Crippen molar-refractivity contribution in [2.45, 2.75) is 26.0 Å². The largest absolute Gasteiger partial charge is 0.469 e. The SMILES string of the molecule is C[C@@H](c1cnc(OCc2ncn[nH]2)c2ccccc12)N(CCCO)C(=O)Nc1ccc(F)c(Cl)c1. The van der Waals surface area contributed by atoms with E-state index >= 15 is 0 Å². The molecule has 0 aliphatic rings. The monoisotopic (exact) mass is 498 g/mol. The summed E-state index contributed by atoms with van der Waals surface area (Å²) in [6, 6.07) is 10.8. The second-order valence-corrected chi connectivity index (χ2v) is 8.20.